The van der Waals surface area contributed by atoms with Crippen LogP contribution in [0.15, 0.2) is 35.7 Å². The Kier molecular flexibility index (Phi) is 3.39. The molecule has 0 bridgehead atoms. The van der Waals surface area contributed by atoms with E-state index in [4.69, 9.17) is 5.73 Å². The third kappa shape index (κ3) is 2.50. The molecule has 1 atom stereocenters. The van der Waals surface area contributed by atoms with Crippen LogP contribution in [0.1, 0.15) is 18.0 Å². The lowest BCUT2D eigenvalue weighted by Crippen LogP contribution is -2.08. The number of rotatable bonds is 3. The first-order valence-electron chi connectivity index (χ1n) is 4.03. The number of nitrogens with two attached hydrogens (primary N) is 1. The van der Waals surface area contributed by atoms with Gasteiger partial charge in [0.2, 0.25) is 0 Å². The van der Waals surface area contributed by atoms with E-state index in [1.807, 2.05) is 0 Å². The summed E-state index contributed by atoms with van der Waals surface area (Å²) < 4.78 is 0. The number of benzene rings is 1. The average Bonchev–Trinajstić information content (AvgIpc) is 2.04. The lowest BCUT2D eigenvalue weighted by molar-refractivity contribution is 0.460. The van der Waals surface area contributed by atoms with Gasteiger partial charge in [-0.1, -0.05) is 12.1 Å². The molecule has 0 saturated carbocycles. The molecule has 0 aliphatic heterocycles. The van der Waals surface area contributed by atoms with E-state index in [-0.39, 0.29) is 11.8 Å². The monoisotopic (exact) mass is 195 g/mol. The molecule has 3 N–H and O–H groups in total. The van der Waals surface area contributed by atoms with Crippen molar-refractivity contribution in [1.82, 2.24) is 0 Å². The van der Waals surface area contributed by atoms with E-state index in [1.54, 1.807) is 24.3 Å². The molecule has 3 heteroatoms. The maximum absolute atomic E-state index is 9.53. The van der Waals surface area contributed by atoms with Crippen LogP contribution in [0.4, 0.5) is 0 Å². The molecule has 1 aromatic rings. The van der Waals surface area contributed by atoms with Gasteiger partial charge in [-0.3, -0.25) is 0 Å². The van der Waals surface area contributed by atoms with Gasteiger partial charge in [-0.05, 0) is 18.6 Å². The first kappa shape index (κ1) is 10.2. The Labute approximate surface area is 83.5 Å². The van der Waals surface area contributed by atoms with Gasteiger partial charge in [-0.15, -0.1) is 19.2 Å². The maximum atomic E-state index is 9.53. The third-order valence-electron chi connectivity index (χ3n) is 1.83. The molecule has 0 fully saturated rings. The molecule has 0 radical (unpaired) electrons. The molecule has 70 valence electrons. The van der Waals surface area contributed by atoms with Crippen LogP contribution in [0.25, 0.3) is 0 Å². The Morgan fingerprint density at radius 2 is 2.31 bits per heavy atom. The van der Waals surface area contributed by atoms with Gasteiger partial charge in [0.05, 0.1) is 0 Å². The molecule has 0 unspecified atom stereocenters. The number of hydrogen-bond acceptors (Lipinski definition) is 3. The van der Waals surface area contributed by atoms with Gasteiger partial charge in [-0.25, -0.2) is 0 Å². The predicted molar refractivity (Wildman–Crippen MR) is 57.1 cm³/mol. The van der Waals surface area contributed by atoms with Gasteiger partial charge in [0.15, 0.2) is 0 Å². The van der Waals surface area contributed by atoms with Crippen molar-refractivity contribution >= 4 is 12.6 Å². The van der Waals surface area contributed by atoms with Crippen molar-refractivity contribution in [3.05, 3.63) is 36.4 Å². The summed E-state index contributed by atoms with van der Waals surface area (Å²) in [5, 5.41) is 9.53. The van der Waals surface area contributed by atoms with Crippen molar-refractivity contribution in [3.63, 3.8) is 0 Å². The molecule has 0 aromatic heterocycles. The fourth-order valence-electron chi connectivity index (χ4n) is 1.15. The molecule has 13 heavy (non-hydrogen) atoms. The number of thiol groups is 1. The van der Waals surface area contributed by atoms with Gasteiger partial charge in [0, 0.05) is 16.5 Å². The minimum absolute atomic E-state index is 0.188. The predicted octanol–water partition coefficient (Wildman–Crippen LogP) is 2.26. The second kappa shape index (κ2) is 4.35. The Bertz CT molecular complexity index is 312. The number of aromatic hydroxyl groups is 1. The summed E-state index contributed by atoms with van der Waals surface area (Å²) in [4.78, 5) is 0.729. The Morgan fingerprint density at radius 1 is 1.62 bits per heavy atom. The zero-order valence-corrected chi connectivity index (χ0v) is 8.17. The largest absolute Gasteiger partial charge is 0.508 e. The van der Waals surface area contributed by atoms with E-state index >= 15 is 0 Å². The zero-order valence-electron chi connectivity index (χ0n) is 7.27. The van der Waals surface area contributed by atoms with E-state index in [9.17, 15) is 5.11 Å². The lowest BCUT2D eigenvalue weighted by Gasteiger charge is -2.11. The average molecular weight is 195 g/mol. The highest BCUT2D eigenvalue weighted by molar-refractivity contribution is 7.80. The molecular weight excluding hydrogens is 182 g/mol. The molecule has 2 nitrogen and oxygen atoms in total. The molecule has 0 saturated heterocycles. The summed E-state index contributed by atoms with van der Waals surface area (Å²) in [6.07, 6.45) is 2.39. The van der Waals surface area contributed by atoms with Crippen molar-refractivity contribution in [2.45, 2.75) is 17.4 Å². The fraction of sp³-hybridized carbons (Fsp3) is 0.200. The van der Waals surface area contributed by atoms with Gasteiger partial charge in [-0.2, -0.15) is 0 Å². The summed E-state index contributed by atoms with van der Waals surface area (Å²) in [5.74, 6) is 0.196. The van der Waals surface area contributed by atoms with Gasteiger partial charge >= 0.3 is 0 Å². The Morgan fingerprint density at radius 3 is 2.85 bits per heavy atom. The van der Waals surface area contributed by atoms with E-state index in [0.29, 0.717) is 6.42 Å². The molecular formula is C10H13NOS. The molecule has 1 aromatic carbocycles. The molecule has 1 rings (SSSR count). The van der Waals surface area contributed by atoms with Crippen LogP contribution in [0, 0.1) is 0 Å². The van der Waals surface area contributed by atoms with Crippen molar-refractivity contribution < 1.29 is 5.11 Å². The first-order valence-corrected chi connectivity index (χ1v) is 4.48. The summed E-state index contributed by atoms with van der Waals surface area (Å²) in [6.45, 7) is 3.60. The highest BCUT2D eigenvalue weighted by Crippen LogP contribution is 2.26. The SMILES string of the molecule is C=CC[C@@H](N)c1ccc(S)cc1O. The van der Waals surface area contributed by atoms with Crippen LogP contribution in [0.2, 0.25) is 0 Å². The van der Waals surface area contributed by atoms with Gasteiger partial charge in [0.1, 0.15) is 5.75 Å². The topological polar surface area (TPSA) is 46.2 Å². The van der Waals surface area contributed by atoms with E-state index < -0.39 is 0 Å². The molecule has 0 aliphatic carbocycles. The van der Waals surface area contributed by atoms with Crippen molar-refractivity contribution in [2.75, 3.05) is 0 Å². The Balaban J connectivity index is 2.94. The summed E-state index contributed by atoms with van der Waals surface area (Å²) in [5.41, 5.74) is 6.53. The second-order valence-electron chi connectivity index (χ2n) is 2.87. The normalized spacial score (nSPS) is 12.5. The summed E-state index contributed by atoms with van der Waals surface area (Å²) >= 11 is 4.10. The van der Waals surface area contributed by atoms with Crippen molar-refractivity contribution in [1.29, 1.82) is 0 Å². The number of phenolic OH excluding ortho intramolecular Hbond substituents is 1. The maximum Gasteiger partial charge on any atom is 0.121 e. The van der Waals surface area contributed by atoms with Crippen molar-refractivity contribution in [3.8, 4) is 5.75 Å². The number of hydrogen-bond donors (Lipinski definition) is 3. The van der Waals surface area contributed by atoms with Crippen LogP contribution in [0.3, 0.4) is 0 Å². The Hall–Kier alpha value is -0.930. The summed E-state index contributed by atoms with van der Waals surface area (Å²) in [6, 6.07) is 4.99. The van der Waals surface area contributed by atoms with Gasteiger partial charge in [0.25, 0.3) is 0 Å². The van der Waals surface area contributed by atoms with Crippen LogP contribution in [-0.2, 0) is 0 Å². The van der Waals surface area contributed by atoms with Crippen LogP contribution in [0.5, 0.6) is 5.75 Å². The van der Waals surface area contributed by atoms with Crippen LogP contribution >= 0.6 is 12.6 Å². The minimum Gasteiger partial charge on any atom is -0.508 e. The molecule has 0 amide bonds. The second-order valence-corrected chi connectivity index (χ2v) is 3.39. The molecule has 0 spiro atoms. The molecule has 0 aliphatic rings. The minimum atomic E-state index is -0.188. The van der Waals surface area contributed by atoms with Crippen LogP contribution in [-0.4, -0.2) is 5.11 Å². The quantitative estimate of drug-likeness (QED) is 0.511. The zero-order chi connectivity index (χ0) is 9.84. The fourth-order valence-corrected chi connectivity index (χ4v) is 1.35. The van der Waals surface area contributed by atoms with E-state index in [1.165, 1.54) is 0 Å². The molecule has 0 heterocycles. The highest BCUT2D eigenvalue weighted by atomic mass is 32.1. The van der Waals surface area contributed by atoms with Crippen molar-refractivity contribution in [2.24, 2.45) is 5.73 Å². The highest BCUT2D eigenvalue weighted by Gasteiger charge is 2.08. The summed E-state index contributed by atoms with van der Waals surface area (Å²) in [7, 11) is 0. The standard InChI is InChI=1S/C10H13NOS/c1-2-3-9(11)8-5-4-7(13)6-10(8)12/h2,4-6,9,12-13H,1,3,11H2/t9-/m1/s1. The van der Waals surface area contributed by atoms with Gasteiger partial charge < -0.3 is 10.8 Å². The van der Waals surface area contributed by atoms with E-state index in [0.717, 1.165) is 10.5 Å². The lowest BCUT2D eigenvalue weighted by atomic mass is 10.0. The third-order valence-corrected chi connectivity index (χ3v) is 2.11. The van der Waals surface area contributed by atoms with E-state index in [2.05, 4.69) is 19.2 Å². The smallest absolute Gasteiger partial charge is 0.121 e. The number of phenols is 1. The van der Waals surface area contributed by atoms with Crippen LogP contribution < -0.4 is 5.73 Å². The first-order chi connectivity index (χ1) is 6.15.